The monoisotopic (exact) mass is 226 g/mol. The fourth-order valence-corrected chi connectivity index (χ4v) is 2.59. The van der Waals surface area contributed by atoms with E-state index in [0.717, 1.165) is 6.54 Å². The number of nitrogens with zero attached hydrogens (tertiary/aromatic N) is 1. The first-order chi connectivity index (χ1) is 7.49. The van der Waals surface area contributed by atoms with Gasteiger partial charge in [0.1, 0.15) is 0 Å². The molecule has 0 aromatic rings. The Kier molecular flexibility index (Phi) is 4.78. The van der Waals surface area contributed by atoms with Crippen LogP contribution in [0.15, 0.2) is 0 Å². The van der Waals surface area contributed by atoms with E-state index in [4.69, 9.17) is 0 Å². The van der Waals surface area contributed by atoms with Gasteiger partial charge >= 0.3 is 0 Å². The highest BCUT2D eigenvalue weighted by atomic mass is 16.2. The lowest BCUT2D eigenvalue weighted by Crippen LogP contribution is -2.55. The second kappa shape index (κ2) is 5.67. The lowest BCUT2D eigenvalue weighted by molar-refractivity contribution is -0.138. The van der Waals surface area contributed by atoms with E-state index < -0.39 is 5.54 Å². The summed E-state index contributed by atoms with van der Waals surface area (Å²) in [5.41, 5.74) is -0.430. The van der Waals surface area contributed by atoms with E-state index in [0.29, 0.717) is 6.04 Å². The van der Waals surface area contributed by atoms with Gasteiger partial charge in [-0.3, -0.25) is 4.79 Å². The van der Waals surface area contributed by atoms with Crippen molar-refractivity contribution >= 4 is 5.91 Å². The average Bonchev–Trinajstić information content (AvgIpc) is 2.28. The van der Waals surface area contributed by atoms with Crippen LogP contribution < -0.4 is 5.32 Å². The maximum atomic E-state index is 12.3. The Morgan fingerprint density at radius 3 is 2.38 bits per heavy atom. The molecule has 1 aliphatic rings. The van der Waals surface area contributed by atoms with Gasteiger partial charge in [-0.2, -0.15) is 0 Å². The first-order valence-corrected chi connectivity index (χ1v) is 6.51. The van der Waals surface area contributed by atoms with Gasteiger partial charge in [0, 0.05) is 13.1 Å². The summed E-state index contributed by atoms with van der Waals surface area (Å²) in [7, 11) is 1.96. The fraction of sp³-hybridized carbons (Fsp3) is 0.923. The van der Waals surface area contributed by atoms with E-state index in [1.165, 1.54) is 32.1 Å². The second-order valence-electron chi connectivity index (χ2n) is 5.36. The molecule has 0 aromatic carbocycles. The summed E-state index contributed by atoms with van der Waals surface area (Å²) in [5.74, 6) is 0.223. The van der Waals surface area contributed by atoms with Crippen LogP contribution in [0, 0.1) is 0 Å². The van der Waals surface area contributed by atoms with Gasteiger partial charge in [-0.05, 0) is 33.2 Å². The predicted octanol–water partition coefficient (Wildman–Crippen LogP) is 2.17. The van der Waals surface area contributed by atoms with Crippen molar-refractivity contribution in [1.29, 1.82) is 0 Å². The molecule has 1 N–H and O–H groups in total. The van der Waals surface area contributed by atoms with Gasteiger partial charge in [-0.25, -0.2) is 0 Å². The maximum Gasteiger partial charge on any atom is 0.242 e. The summed E-state index contributed by atoms with van der Waals surface area (Å²) in [6, 6.07) is 0.458. The van der Waals surface area contributed by atoms with Crippen molar-refractivity contribution in [2.24, 2.45) is 0 Å². The van der Waals surface area contributed by atoms with Crippen LogP contribution >= 0.6 is 0 Å². The molecule has 1 saturated carbocycles. The zero-order chi connectivity index (χ0) is 12.2. The number of hydrogen-bond donors (Lipinski definition) is 1. The average molecular weight is 226 g/mol. The second-order valence-corrected chi connectivity index (χ2v) is 5.36. The quantitative estimate of drug-likeness (QED) is 0.797. The number of nitrogens with one attached hydrogen (secondary N) is 1. The molecule has 0 atom stereocenters. The predicted molar refractivity (Wildman–Crippen MR) is 67.4 cm³/mol. The van der Waals surface area contributed by atoms with Crippen molar-refractivity contribution < 1.29 is 4.79 Å². The number of carbonyl (C=O) groups is 1. The van der Waals surface area contributed by atoms with Crippen molar-refractivity contribution in [3.8, 4) is 0 Å². The third-order valence-corrected chi connectivity index (χ3v) is 3.60. The molecule has 1 fully saturated rings. The molecule has 3 heteroatoms. The van der Waals surface area contributed by atoms with Crippen LogP contribution in [0.2, 0.25) is 0 Å². The van der Waals surface area contributed by atoms with Gasteiger partial charge in [-0.15, -0.1) is 0 Å². The molecule has 3 nitrogen and oxygen atoms in total. The molecule has 1 rings (SSSR count). The van der Waals surface area contributed by atoms with E-state index >= 15 is 0 Å². The number of hydrogen-bond acceptors (Lipinski definition) is 2. The molecule has 0 heterocycles. The molecule has 1 aliphatic carbocycles. The molecule has 0 bridgehead atoms. The molecule has 0 aliphatic heterocycles. The summed E-state index contributed by atoms with van der Waals surface area (Å²) in [4.78, 5) is 14.3. The minimum atomic E-state index is -0.430. The van der Waals surface area contributed by atoms with Crippen molar-refractivity contribution in [3.63, 3.8) is 0 Å². The topological polar surface area (TPSA) is 32.3 Å². The summed E-state index contributed by atoms with van der Waals surface area (Å²) in [5, 5.41) is 3.25. The summed E-state index contributed by atoms with van der Waals surface area (Å²) >= 11 is 0. The molecule has 0 saturated heterocycles. The minimum Gasteiger partial charge on any atom is -0.341 e. The van der Waals surface area contributed by atoms with Crippen LogP contribution in [0.3, 0.4) is 0 Å². The molecule has 0 aromatic heterocycles. The number of amides is 1. The van der Waals surface area contributed by atoms with Gasteiger partial charge in [-0.1, -0.05) is 26.2 Å². The smallest absolute Gasteiger partial charge is 0.242 e. The van der Waals surface area contributed by atoms with Crippen molar-refractivity contribution in [1.82, 2.24) is 10.2 Å². The SMILES string of the molecule is CCNC(C)(C)C(=O)N(C)C1CCCCC1. The Morgan fingerprint density at radius 1 is 1.31 bits per heavy atom. The van der Waals surface area contributed by atoms with Gasteiger partial charge in [0.15, 0.2) is 0 Å². The van der Waals surface area contributed by atoms with E-state index in [1.807, 2.05) is 32.7 Å². The van der Waals surface area contributed by atoms with Crippen molar-refractivity contribution in [3.05, 3.63) is 0 Å². The third-order valence-electron chi connectivity index (χ3n) is 3.60. The molecule has 0 radical (unpaired) electrons. The molecule has 94 valence electrons. The highest BCUT2D eigenvalue weighted by molar-refractivity contribution is 5.85. The van der Waals surface area contributed by atoms with Gasteiger partial charge in [0.25, 0.3) is 0 Å². The maximum absolute atomic E-state index is 12.3. The highest BCUT2D eigenvalue weighted by Gasteiger charge is 2.32. The first-order valence-electron chi connectivity index (χ1n) is 6.51. The first kappa shape index (κ1) is 13.5. The third kappa shape index (κ3) is 3.21. The van der Waals surface area contributed by atoms with Crippen LogP contribution in [0.5, 0.6) is 0 Å². The van der Waals surface area contributed by atoms with Crippen LogP contribution in [0.25, 0.3) is 0 Å². The highest BCUT2D eigenvalue weighted by Crippen LogP contribution is 2.23. The van der Waals surface area contributed by atoms with Crippen LogP contribution in [0.4, 0.5) is 0 Å². The summed E-state index contributed by atoms with van der Waals surface area (Å²) < 4.78 is 0. The molecule has 0 unspecified atom stereocenters. The molecule has 0 spiro atoms. The zero-order valence-corrected chi connectivity index (χ0v) is 11.2. The molecular weight excluding hydrogens is 200 g/mol. The van der Waals surface area contributed by atoms with E-state index in [-0.39, 0.29) is 5.91 Å². The summed E-state index contributed by atoms with van der Waals surface area (Å²) in [6.45, 7) is 6.81. The Hall–Kier alpha value is -0.570. The van der Waals surface area contributed by atoms with E-state index in [2.05, 4.69) is 5.32 Å². The van der Waals surface area contributed by atoms with E-state index in [1.54, 1.807) is 0 Å². The van der Waals surface area contributed by atoms with E-state index in [9.17, 15) is 4.79 Å². The molecular formula is C13H26N2O. The van der Waals surface area contributed by atoms with Crippen LogP contribution in [-0.4, -0.2) is 36.0 Å². The lowest BCUT2D eigenvalue weighted by Gasteiger charge is -2.37. The largest absolute Gasteiger partial charge is 0.341 e. The lowest BCUT2D eigenvalue weighted by atomic mass is 9.93. The van der Waals surface area contributed by atoms with Crippen LogP contribution in [0.1, 0.15) is 52.9 Å². The zero-order valence-electron chi connectivity index (χ0n) is 11.2. The van der Waals surface area contributed by atoms with Crippen molar-refractivity contribution in [2.75, 3.05) is 13.6 Å². The standard InChI is InChI=1S/C13H26N2O/c1-5-14-13(2,3)12(16)15(4)11-9-7-6-8-10-11/h11,14H,5-10H2,1-4H3. The molecule has 16 heavy (non-hydrogen) atoms. The molecule has 1 amide bonds. The Balaban J connectivity index is 2.57. The van der Waals surface area contributed by atoms with Gasteiger partial charge in [0.05, 0.1) is 5.54 Å². The number of rotatable bonds is 4. The van der Waals surface area contributed by atoms with Gasteiger partial charge < -0.3 is 10.2 Å². The Morgan fingerprint density at radius 2 is 1.88 bits per heavy atom. The van der Waals surface area contributed by atoms with Crippen LogP contribution in [-0.2, 0) is 4.79 Å². The normalized spacial score (nSPS) is 18.5. The number of carbonyl (C=O) groups excluding carboxylic acids is 1. The Bertz CT molecular complexity index is 232. The fourth-order valence-electron chi connectivity index (χ4n) is 2.59. The summed E-state index contributed by atoms with van der Waals surface area (Å²) in [6.07, 6.45) is 6.21. The minimum absolute atomic E-state index is 0.223. The van der Waals surface area contributed by atoms with Crippen molar-refractivity contribution in [2.45, 2.75) is 64.5 Å². The van der Waals surface area contributed by atoms with Gasteiger partial charge in [0.2, 0.25) is 5.91 Å². The Labute approximate surface area is 99.6 Å². The number of likely N-dealkylation sites (N-methyl/N-ethyl adjacent to an activating group) is 2.